The van der Waals surface area contributed by atoms with Crippen molar-refractivity contribution in [3.8, 4) is 0 Å². The minimum absolute atomic E-state index is 0.298. The molecule has 3 N–H and O–H groups in total. The van der Waals surface area contributed by atoms with Crippen LogP contribution in [0.1, 0.15) is 23.2 Å². The zero-order valence-corrected chi connectivity index (χ0v) is 13.4. The van der Waals surface area contributed by atoms with Crippen LogP contribution in [-0.4, -0.2) is 47.3 Å². The largest absolute Gasteiger partial charge is 0.372 e. The van der Waals surface area contributed by atoms with E-state index < -0.39 is 6.17 Å². The summed E-state index contributed by atoms with van der Waals surface area (Å²) in [6.45, 7) is 3.06. The summed E-state index contributed by atoms with van der Waals surface area (Å²) in [6.07, 6.45) is 2.30. The number of halogens is 1. The van der Waals surface area contributed by atoms with Crippen molar-refractivity contribution in [2.45, 2.75) is 38.4 Å². The number of alkyl halides is 1. The van der Waals surface area contributed by atoms with Crippen LogP contribution in [0, 0.1) is 6.92 Å². The first kappa shape index (κ1) is 14.6. The molecule has 6 nitrogen and oxygen atoms in total. The van der Waals surface area contributed by atoms with E-state index in [0.717, 1.165) is 36.2 Å². The third-order valence-electron chi connectivity index (χ3n) is 4.84. The van der Waals surface area contributed by atoms with Crippen LogP contribution < -0.4 is 16.0 Å². The molecule has 2 aromatic heterocycles. The Morgan fingerprint density at radius 1 is 1.17 bits per heavy atom. The van der Waals surface area contributed by atoms with Crippen molar-refractivity contribution in [1.82, 2.24) is 20.3 Å². The first-order valence-corrected chi connectivity index (χ1v) is 8.16. The summed E-state index contributed by atoms with van der Waals surface area (Å²) in [6, 6.07) is -0.298. The Kier molecular flexibility index (Phi) is 3.52. The summed E-state index contributed by atoms with van der Waals surface area (Å²) in [4.78, 5) is 13.8. The van der Waals surface area contributed by atoms with Crippen molar-refractivity contribution in [2.75, 3.05) is 30.8 Å². The van der Waals surface area contributed by atoms with Gasteiger partial charge < -0.3 is 16.0 Å². The molecule has 0 bridgehead atoms. The molecule has 0 unspecified atom stereocenters. The van der Waals surface area contributed by atoms with Gasteiger partial charge in [0.1, 0.15) is 12.0 Å². The van der Waals surface area contributed by atoms with E-state index in [1.54, 1.807) is 0 Å². The Labute approximate surface area is 134 Å². The third kappa shape index (κ3) is 2.39. The minimum atomic E-state index is -0.929. The smallest absolute Gasteiger partial charge is 0.227 e. The molecule has 7 heteroatoms. The number of nitrogens with zero attached hydrogens (tertiary/aromatic N) is 3. The van der Waals surface area contributed by atoms with Crippen molar-refractivity contribution in [3.05, 3.63) is 16.8 Å². The maximum absolute atomic E-state index is 13.8. The number of rotatable bonds is 3. The van der Waals surface area contributed by atoms with Crippen LogP contribution in [0.2, 0.25) is 0 Å². The van der Waals surface area contributed by atoms with Crippen LogP contribution in [-0.2, 0) is 12.8 Å². The summed E-state index contributed by atoms with van der Waals surface area (Å²) >= 11 is 0. The molecule has 1 aliphatic carbocycles. The zero-order valence-electron chi connectivity index (χ0n) is 13.4. The average Bonchev–Trinajstić information content (AvgIpc) is 3.16. The maximum atomic E-state index is 13.8. The lowest BCUT2D eigenvalue weighted by atomic mass is 10.1. The second kappa shape index (κ2) is 5.56. The Morgan fingerprint density at radius 2 is 2.04 bits per heavy atom. The van der Waals surface area contributed by atoms with E-state index in [2.05, 4.69) is 32.8 Å². The van der Waals surface area contributed by atoms with E-state index in [1.165, 1.54) is 11.1 Å². The van der Waals surface area contributed by atoms with Crippen molar-refractivity contribution < 1.29 is 4.39 Å². The van der Waals surface area contributed by atoms with Gasteiger partial charge in [0, 0.05) is 25.8 Å². The molecule has 0 saturated carbocycles. The molecular formula is C16H21FN6. The molecule has 0 radical (unpaired) electrons. The molecule has 122 valence electrons. The maximum Gasteiger partial charge on any atom is 0.227 e. The standard InChI is InChI=1S/C16H21FN6/c1-8-9-4-3-5-11(9)20-15-13(8)14(18-2)22-16(23-15)21-12-7-19-6-10(12)17/h10,12,19H,3-7H2,1-2H3,(H2,18,20,21,22,23)/t10-,12-/m0/s1. The molecule has 23 heavy (non-hydrogen) atoms. The van der Waals surface area contributed by atoms with E-state index in [1.807, 2.05) is 7.05 Å². The summed E-state index contributed by atoms with van der Waals surface area (Å²) in [7, 11) is 1.84. The third-order valence-corrected chi connectivity index (χ3v) is 4.84. The quantitative estimate of drug-likeness (QED) is 0.798. The lowest BCUT2D eigenvalue weighted by Gasteiger charge is -2.17. The van der Waals surface area contributed by atoms with Crippen LogP contribution >= 0.6 is 0 Å². The lowest BCUT2D eigenvalue weighted by Crippen LogP contribution is -2.30. The molecule has 1 aliphatic heterocycles. The highest BCUT2D eigenvalue weighted by Crippen LogP contribution is 2.32. The van der Waals surface area contributed by atoms with Gasteiger partial charge in [0.25, 0.3) is 0 Å². The summed E-state index contributed by atoms with van der Waals surface area (Å²) in [5.41, 5.74) is 4.38. The second-order valence-corrected chi connectivity index (χ2v) is 6.29. The highest BCUT2D eigenvalue weighted by atomic mass is 19.1. The van der Waals surface area contributed by atoms with Gasteiger partial charge in [-0.25, -0.2) is 9.37 Å². The number of aryl methyl sites for hydroxylation is 2. The van der Waals surface area contributed by atoms with Gasteiger partial charge in [-0.1, -0.05) is 0 Å². The average molecular weight is 316 g/mol. The van der Waals surface area contributed by atoms with Crippen LogP contribution in [0.25, 0.3) is 11.0 Å². The van der Waals surface area contributed by atoms with Gasteiger partial charge in [-0.15, -0.1) is 0 Å². The summed E-state index contributed by atoms with van der Waals surface area (Å²) in [5, 5.41) is 10.2. The number of fused-ring (bicyclic) bond motifs is 2. The van der Waals surface area contributed by atoms with E-state index in [9.17, 15) is 4.39 Å². The highest BCUT2D eigenvalue weighted by Gasteiger charge is 2.28. The highest BCUT2D eigenvalue weighted by molar-refractivity contribution is 5.91. The number of aromatic nitrogens is 3. The molecular weight excluding hydrogens is 295 g/mol. The predicted molar refractivity (Wildman–Crippen MR) is 88.8 cm³/mol. The molecule has 0 spiro atoms. The predicted octanol–water partition coefficient (Wildman–Crippen LogP) is 1.59. The molecule has 0 aromatic carbocycles. The Hall–Kier alpha value is -2.02. The number of anilines is 2. The molecule has 2 aromatic rings. The molecule has 3 heterocycles. The number of nitrogens with one attached hydrogen (secondary N) is 3. The second-order valence-electron chi connectivity index (χ2n) is 6.29. The van der Waals surface area contributed by atoms with Gasteiger partial charge >= 0.3 is 0 Å². The molecule has 4 rings (SSSR count). The van der Waals surface area contributed by atoms with Crippen LogP contribution in [0.5, 0.6) is 0 Å². The van der Waals surface area contributed by atoms with Crippen molar-refractivity contribution in [2.24, 2.45) is 0 Å². The van der Waals surface area contributed by atoms with Crippen molar-refractivity contribution in [3.63, 3.8) is 0 Å². The van der Waals surface area contributed by atoms with E-state index >= 15 is 0 Å². The first-order chi connectivity index (χ1) is 11.2. The normalized spacial score (nSPS) is 23.3. The molecule has 2 atom stereocenters. The summed E-state index contributed by atoms with van der Waals surface area (Å²) in [5.74, 6) is 1.18. The van der Waals surface area contributed by atoms with Gasteiger partial charge in [-0.05, 0) is 37.3 Å². The van der Waals surface area contributed by atoms with E-state index in [-0.39, 0.29) is 6.04 Å². The van der Waals surface area contributed by atoms with Crippen LogP contribution in [0.15, 0.2) is 0 Å². The molecule has 1 fully saturated rings. The van der Waals surface area contributed by atoms with E-state index in [4.69, 9.17) is 4.98 Å². The fourth-order valence-corrected chi connectivity index (χ4v) is 3.61. The number of hydrogen-bond donors (Lipinski definition) is 3. The number of hydrogen-bond acceptors (Lipinski definition) is 6. The summed E-state index contributed by atoms with van der Waals surface area (Å²) < 4.78 is 13.8. The SMILES string of the molecule is CNc1nc(N[C@H]2CNC[C@@H]2F)nc2nc3c(c(C)c12)CCC3. The Balaban J connectivity index is 1.80. The van der Waals surface area contributed by atoms with Gasteiger partial charge in [0.15, 0.2) is 5.65 Å². The minimum Gasteiger partial charge on any atom is -0.372 e. The van der Waals surface area contributed by atoms with Gasteiger partial charge in [0.05, 0.1) is 11.4 Å². The van der Waals surface area contributed by atoms with Gasteiger partial charge in [-0.2, -0.15) is 9.97 Å². The zero-order chi connectivity index (χ0) is 16.0. The topological polar surface area (TPSA) is 74.8 Å². The van der Waals surface area contributed by atoms with Gasteiger partial charge in [0.2, 0.25) is 5.95 Å². The van der Waals surface area contributed by atoms with E-state index in [0.29, 0.717) is 24.7 Å². The lowest BCUT2D eigenvalue weighted by molar-refractivity contribution is 0.342. The molecule has 0 amide bonds. The van der Waals surface area contributed by atoms with Crippen molar-refractivity contribution in [1.29, 1.82) is 0 Å². The fraction of sp³-hybridized carbons (Fsp3) is 0.562. The molecule has 1 saturated heterocycles. The number of pyridine rings is 1. The fourth-order valence-electron chi connectivity index (χ4n) is 3.61. The molecule has 2 aliphatic rings. The van der Waals surface area contributed by atoms with Crippen LogP contribution in [0.4, 0.5) is 16.2 Å². The Morgan fingerprint density at radius 3 is 2.78 bits per heavy atom. The van der Waals surface area contributed by atoms with Crippen molar-refractivity contribution >= 4 is 22.8 Å². The van der Waals surface area contributed by atoms with Gasteiger partial charge in [-0.3, -0.25) is 0 Å². The van der Waals surface area contributed by atoms with Crippen LogP contribution in [0.3, 0.4) is 0 Å². The Bertz CT molecular complexity index is 762. The monoisotopic (exact) mass is 316 g/mol. The first-order valence-electron chi connectivity index (χ1n) is 8.16.